The maximum absolute atomic E-state index is 11.7. The number of carbonyl (C=O) groups is 1. The van der Waals surface area contributed by atoms with Gasteiger partial charge in [-0.2, -0.15) is 0 Å². The lowest BCUT2D eigenvalue weighted by molar-refractivity contribution is -0.271. The van der Waals surface area contributed by atoms with Crippen LogP contribution in [-0.2, 0) is 9.53 Å². The molecule has 2 aromatic heterocycles. The van der Waals surface area contributed by atoms with E-state index in [1.807, 2.05) is 24.4 Å². The number of rotatable bonds is 7. The van der Waals surface area contributed by atoms with Gasteiger partial charge in [-0.1, -0.05) is 6.07 Å². The number of hydrogen-bond donors (Lipinski definition) is 5. The Hall–Kier alpha value is -4.47. The van der Waals surface area contributed by atoms with Crippen LogP contribution < -0.4 is 19.3 Å². The van der Waals surface area contributed by atoms with Crippen molar-refractivity contribution in [1.82, 2.24) is 14.9 Å². The molecule has 14 heteroatoms. The minimum absolute atomic E-state index is 0.113. The molecule has 5 heterocycles. The van der Waals surface area contributed by atoms with Gasteiger partial charge in [0, 0.05) is 80.6 Å². The van der Waals surface area contributed by atoms with Crippen LogP contribution in [0.4, 0.5) is 11.4 Å². The highest BCUT2D eigenvalue weighted by Crippen LogP contribution is 2.43. The lowest BCUT2D eigenvalue weighted by atomic mass is 9.99. The SMILES string of the molecule is COc1cc(N2CCN(C3CCN(c4c(OC5OC(C(=O)O)C(O)C(O)C5O)cc(O)c5cccnc45)CC3)CC2)c2ncccc2c1. The average molecular weight is 662 g/mol. The van der Waals surface area contributed by atoms with Crippen molar-refractivity contribution in [3.8, 4) is 17.2 Å². The molecule has 5 atom stereocenters. The number of aliphatic hydroxyl groups is 3. The number of ether oxygens (including phenoxy) is 3. The second-order valence-electron chi connectivity index (χ2n) is 12.5. The van der Waals surface area contributed by atoms with E-state index >= 15 is 0 Å². The highest BCUT2D eigenvalue weighted by molar-refractivity contribution is 5.98. The van der Waals surface area contributed by atoms with Crippen LogP contribution in [0.5, 0.6) is 17.2 Å². The zero-order chi connectivity index (χ0) is 33.5. The van der Waals surface area contributed by atoms with Crippen molar-refractivity contribution in [1.29, 1.82) is 0 Å². The molecule has 48 heavy (non-hydrogen) atoms. The standard InChI is InChI=1S/C34H39N5O9/c1-46-21-16-19-4-2-8-35-26(19)23(17-21)38-14-12-37(13-15-38)20-6-10-39(11-7-20)28-25(18-24(40)22-5-3-9-36-27(22)28)47-34-31(43)29(41)30(42)32(48-34)33(44)45/h2-5,8-9,16-18,20,29-32,34,40-43H,6-7,10-15H2,1H3,(H,44,45). The largest absolute Gasteiger partial charge is 0.507 e. The number of phenols is 1. The highest BCUT2D eigenvalue weighted by Gasteiger charge is 2.48. The van der Waals surface area contributed by atoms with Gasteiger partial charge in [-0.3, -0.25) is 14.9 Å². The molecule has 0 spiro atoms. The number of pyridine rings is 2. The van der Waals surface area contributed by atoms with Crippen LogP contribution in [-0.4, -0.2) is 129 Å². The molecule has 0 aliphatic carbocycles. The van der Waals surface area contributed by atoms with Crippen molar-refractivity contribution in [2.75, 3.05) is 56.2 Å². The number of aromatic hydroxyl groups is 1. The lowest BCUT2D eigenvalue weighted by Gasteiger charge is -2.44. The van der Waals surface area contributed by atoms with Gasteiger partial charge in [0.1, 0.15) is 41.0 Å². The van der Waals surface area contributed by atoms with E-state index in [2.05, 4.69) is 30.7 Å². The van der Waals surface area contributed by atoms with E-state index in [1.165, 1.54) is 6.07 Å². The van der Waals surface area contributed by atoms with Crippen molar-refractivity contribution >= 4 is 39.1 Å². The quantitative estimate of drug-likeness (QED) is 0.192. The molecular weight excluding hydrogens is 622 g/mol. The van der Waals surface area contributed by atoms with Crippen LogP contribution >= 0.6 is 0 Å². The summed E-state index contributed by atoms with van der Waals surface area (Å²) >= 11 is 0. The van der Waals surface area contributed by atoms with Gasteiger partial charge in [0.05, 0.1) is 18.3 Å². The van der Waals surface area contributed by atoms with Gasteiger partial charge in [-0.25, -0.2) is 4.79 Å². The van der Waals surface area contributed by atoms with Crippen molar-refractivity contribution in [2.24, 2.45) is 0 Å². The minimum atomic E-state index is -1.85. The molecule has 7 rings (SSSR count). The van der Waals surface area contributed by atoms with Crippen LogP contribution in [0.25, 0.3) is 21.8 Å². The minimum Gasteiger partial charge on any atom is -0.507 e. The number of aliphatic carboxylic acids is 1. The first kappa shape index (κ1) is 32.1. The summed E-state index contributed by atoms with van der Waals surface area (Å²) in [7, 11) is 1.68. The maximum Gasteiger partial charge on any atom is 0.335 e. The molecule has 0 saturated carbocycles. The molecule has 3 saturated heterocycles. The number of piperazine rings is 1. The van der Waals surface area contributed by atoms with Crippen LogP contribution in [0.15, 0.2) is 54.9 Å². The number of piperidine rings is 1. The number of benzene rings is 2. The molecule has 14 nitrogen and oxygen atoms in total. The predicted octanol–water partition coefficient (Wildman–Crippen LogP) is 1.56. The normalized spacial score (nSPS) is 25.8. The van der Waals surface area contributed by atoms with E-state index in [0.717, 1.165) is 61.4 Å². The molecule has 5 N–H and O–H groups in total. The van der Waals surface area contributed by atoms with Crippen molar-refractivity contribution in [3.05, 3.63) is 54.9 Å². The molecule has 0 bridgehead atoms. The summed E-state index contributed by atoms with van der Waals surface area (Å²) in [4.78, 5) is 27.9. The van der Waals surface area contributed by atoms with E-state index in [-0.39, 0.29) is 11.5 Å². The molecule has 5 unspecified atom stereocenters. The fourth-order valence-corrected chi connectivity index (χ4v) is 7.15. The molecule has 3 aliphatic heterocycles. The smallest absolute Gasteiger partial charge is 0.335 e. The Labute approximate surface area is 276 Å². The number of fused-ring (bicyclic) bond motifs is 2. The third kappa shape index (κ3) is 5.90. The summed E-state index contributed by atoms with van der Waals surface area (Å²) in [6, 6.07) is 13.2. The zero-order valence-electron chi connectivity index (χ0n) is 26.4. The molecule has 3 aliphatic rings. The molecule has 2 aromatic carbocycles. The van der Waals surface area contributed by atoms with Crippen LogP contribution in [0.2, 0.25) is 0 Å². The van der Waals surface area contributed by atoms with Crippen LogP contribution in [0.3, 0.4) is 0 Å². The third-order valence-electron chi connectivity index (χ3n) is 9.71. The van der Waals surface area contributed by atoms with Gasteiger partial charge in [0.15, 0.2) is 11.9 Å². The van der Waals surface area contributed by atoms with Gasteiger partial charge in [0.25, 0.3) is 0 Å². The van der Waals surface area contributed by atoms with Crippen molar-refractivity contribution in [3.63, 3.8) is 0 Å². The van der Waals surface area contributed by atoms with E-state index < -0.39 is 36.7 Å². The first-order chi connectivity index (χ1) is 23.2. The number of methoxy groups -OCH3 is 1. The van der Waals surface area contributed by atoms with Crippen molar-refractivity contribution in [2.45, 2.75) is 49.6 Å². The average Bonchev–Trinajstić information content (AvgIpc) is 3.11. The first-order valence-corrected chi connectivity index (χ1v) is 16.1. The molecule has 0 amide bonds. The van der Waals surface area contributed by atoms with E-state index in [1.54, 1.807) is 25.4 Å². The zero-order valence-corrected chi connectivity index (χ0v) is 26.4. The number of phenolic OH excluding ortho intramolecular Hbond substituents is 1. The van der Waals surface area contributed by atoms with Crippen molar-refractivity contribution < 1.29 is 44.5 Å². The van der Waals surface area contributed by atoms with Gasteiger partial charge in [0.2, 0.25) is 6.29 Å². The maximum atomic E-state index is 11.7. The summed E-state index contributed by atoms with van der Waals surface area (Å²) in [6.45, 7) is 4.79. The monoisotopic (exact) mass is 661 g/mol. The topological polar surface area (TPSA) is 181 Å². The summed E-state index contributed by atoms with van der Waals surface area (Å²) in [5.41, 5.74) is 3.07. The second kappa shape index (κ2) is 13.2. The van der Waals surface area contributed by atoms with Crippen LogP contribution in [0, 0.1) is 0 Å². The van der Waals surface area contributed by atoms with E-state index in [4.69, 9.17) is 14.2 Å². The Bertz CT molecular complexity index is 1790. The summed E-state index contributed by atoms with van der Waals surface area (Å²) in [6.07, 6.45) is -3.74. The van der Waals surface area contributed by atoms with Gasteiger partial charge < -0.3 is 49.5 Å². The number of hydrogen-bond acceptors (Lipinski definition) is 13. The Balaban J connectivity index is 1.07. The highest BCUT2D eigenvalue weighted by atomic mass is 16.7. The number of aliphatic hydroxyl groups excluding tert-OH is 3. The molecule has 4 aromatic rings. The second-order valence-corrected chi connectivity index (χ2v) is 12.5. The molecule has 254 valence electrons. The number of nitrogens with zero attached hydrogens (tertiary/aromatic N) is 5. The first-order valence-electron chi connectivity index (χ1n) is 16.1. The van der Waals surface area contributed by atoms with E-state index in [0.29, 0.717) is 35.7 Å². The summed E-state index contributed by atoms with van der Waals surface area (Å²) in [5, 5.41) is 53.0. The van der Waals surface area contributed by atoms with Gasteiger partial charge in [-0.15, -0.1) is 0 Å². The Morgan fingerprint density at radius 2 is 1.58 bits per heavy atom. The lowest BCUT2D eigenvalue weighted by Crippen LogP contribution is -2.61. The van der Waals surface area contributed by atoms with Crippen LogP contribution in [0.1, 0.15) is 12.8 Å². The number of carboxylic acid groups (broad SMARTS) is 1. The Morgan fingerprint density at radius 1 is 0.875 bits per heavy atom. The number of carboxylic acids is 1. The number of anilines is 2. The Morgan fingerprint density at radius 3 is 2.29 bits per heavy atom. The molecule has 0 radical (unpaired) electrons. The number of aromatic nitrogens is 2. The van der Waals surface area contributed by atoms with E-state index in [9.17, 15) is 30.3 Å². The summed E-state index contributed by atoms with van der Waals surface area (Å²) < 4.78 is 17.0. The third-order valence-corrected chi connectivity index (χ3v) is 9.71. The fraction of sp³-hybridized carbons (Fsp3) is 0.441. The Kier molecular flexibility index (Phi) is 8.83. The molecule has 3 fully saturated rings. The van der Waals surface area contributed by atoms with Gasteiger partial charge in [-0.05, 0) is 37.1 Å². The molecular formula is C34H39N5O9. The summed E-state index contributed by atoms with van der Waals surface area (Å²) in [5.74, 6) is -0.715. The van der Waals surface area contributed by atoms with Gasteiger partial charge >= 0.3 is 5.97 Å². The fourth-order valence-electron chi connectivity index (χ4n) is 7.15. The predicted molar refractivity (Wildman–Crippen MR) is 176 cm³/mol.